The molecule has 1 fully saturated rings. The van der Waals surface area contributed by atoms with Gasteiger partial charge in [-0.1, -0.05) is 0 Å². The maximum atomic E-state index is 12.0. The van der Waals surface area contributed by atoms with E-state index in [9.17, 15) is 4.79 Å². The highest BCUT2D eigenvalue weighted by Gasteiger charge is 2.28. The Kier molecular flexibility index (Phi) is 4.60. The zero-order valence-electron chi connectivity index (χ0n) is 10.6. The van der Waals surface area contributed by atoms with Gasteiger partial charge in [0.25, 0.3) is 0 Å². The molecule has 2 N–H and O–H groups in total. The Balaban J connectivity index is 2.01. The third kappa shape index (κ3) is 3.24. The number of carbonyl (C=O) groups excluding carboxylic acids is 1. The summed E-state index contributed by atoms with van der Waals surface area (Å²) in [5.74, 6) is 0.828. The molecule has 1 atom stereocenters. The first-order chi connectivity index (χ1) is 8.81. The molecule has 0 saturated carbocycles. The first-order valence-corrected chi connectivity index (χ1v) is 6.29. The number of likely N-dealkylation sites (N-methyl/N-ethyl adjacent to an activating group) is 1. The minimum Gasteiger partial charge on any atom is -0.355 e. The van der Waals surface area contributed by atoms with Gasteiger partial charge in [-0.15, -0.1) is 0 Å². The van der Waals surface area contributed by atoms with Gasteiger partial charge >= 0.3 is 0 Å². The van der Waals surface area contributed by atoms with E-state index >= 15 is 0 Å². The number of hydrogen-bond donors (Lipinski definition) is 2. The molecule has 1 saturated heterocycles. The van der Waals surface area contributed by atoms with Crippen LogP contribution in [0.4, 0.5) is 0 Å². The minimum atomic E-state index is -0.137. The largest absolute Gasteiger partial charge is 0.355 e. The summed E-state index contributed by atoms with van der Waals surface area (Å²) in [7, 11) is 0. The number of nitrogens with one attached hydrogen (secondary N) is 2. The summed E-state index contributed by atoms with van der Waals surface area (Å²) in [6, 6.07) is 1.66. The van der Waals surface area contributed by atoms with Gasteiger partial charge in [-0.2, -0.15) is 0 Å². The Bertz CT molecular complexity index is 383. The Labute approximate surface area is 107 Å². The van der Waals surface area contributed by atoms with Crippen LogP contribution in [-0.2, 0) is 11.3 Å². The molecular weight excluding hydrogens is 230 g/mol. The molecule has 0 aliphatic carbocycles. The summed E-state index contributed by atoms with van der Waals surface area (Å²) in [6.45, 7) is 5.61. The Hall–Kier alpha value is -1.53. The second-order valence-corrected chi connectivity index (χ2v) is 4.25. The molecule has 6 nitrogen and oxygen atoms in total. The molecule has 6 heteroatoms. The van der Waals surface area contributed by atoms with Crippen molar-refractivity contribution in [1.82, 2.24) is 25.5 Å². The molecule has 98 valence electrons. The van der Waals surface area contributed by atoms with Crippen LogP contribution < -0.4 is 10.6 Å². The quantitative estimate of drug-likeness (QED) is 0.745. The van der Waals surface area contributed by atoms with Gasteiger partial charge in [-0.05, 0) is 13.0 Å². The van der Waals surface area contributed by atoms with Crippen molar-refractivity contribution in [2.45, 2.75) is 19.5 Å². The molecule has 1 unspecified atom stereocenters. The van der Waals surface area contributed by atoms with Crippen LogP contribution >= 0.6 is 0 Å². The standard InChI is InChI=1S/C12H19N5O/c1-2-14-12(18)10-8-13-6-7-17(10)9-11-15-4-3-5-16-11/h3-5,10,13H,2,6-9H2,1H3,(H,14,18). The molecule has 1 aromatic rings. The molecule has 0 spiro atoms. The highest BCUT2D eigenvalue weighted by atomic mass is 16.2. The Morgan fingerprint density at radius 1 is 1.56 bits per heavy atom. The normalized spacial score (nSPS) is 20.6. The van der Waals surface area contributed by atoms with Crippen LogP contribution in [0.25, 0.3) is 0 Å². The number of carbonyl (C=O) groups is 1. The fourth-order valence-corrected chi connectivity index (χ4v) is 2.08. The second kappa shape index (κ2) is 6.42. The van der Waals surface area contributed by atoms with Crippen LogP contribution in [0, 0.1) is 0 Å². The van der Waals surface area contributed by atoms with Crippen molar-refractivity contribution >= 4 is 5.91 Å². The lowest BCUT2D eigenvalue weighted by Crippen LogP contribution is -2.57. The maximum Gasteiger partial charge on any atom is 0.238 e. The van der Waals surface area contributed by atoms with Crippen LogP contribution in [-0.4, -0.2) is 53.0 Å². The topological polar surface area (TPSA) is 70.2 Å². The van der Waals surface area contributed by atoms with Crippen LogP contribution in [0.15, 0.2) is 18.5 Å². The monoisotopic (exact) mass is 249 g/mol. The average molecular weight is 249 g/mol. The number of amides is 1. The van der Waals surface area contributed by atoms with Gasteiger partial charge in [0, 0.05) is 38.6 Å². The van der Waals surface area contributed by atoms with Crippen LogP contribution in [0.5, 0.6) is 0 Å². The van der Waals surface area contributed by atoms with Crippen LogP contribution in [0.2, 0.25) is 0 Å². The summed E-state index contributed by atoms with van der Waals surface area (Å²) in [5.41, 5.74) is 0. The van der Waals surface area contributed by atoms with E-state index in [4.69, 9.17) is 0 Å². The van der Waals surface area contributed by atoms with E-state index in [0.717, 1.165) is 18.9 Å². The van der Waals surface area contributed by atoms with Gasteiger partial charge in [-0.3, -0.25) is 9.69 Å². The minimum absolute atomic E-state index is 0.0700. The van der Waals surface area contributed by atoms with E-state index in [1.165, 1.54) is 0 Å². The highest BCUT2D eigenvalue weighted by Crippen LogP contribution is 2.07. The van der Waals surface area contributed by atoms with E-state index in [-0.39, 0.29) is 11.9 Å². The molecule has 0 aromatic carbocycles. The molecular formula is C12H19N5O. The number of rotatable bonds is 4. The molecule has 1 amide bonds. The lowest BCUT2D eigenvalue weighted by molar-refractivity contribution is -0.127. The van der Waals surface area contributed by atoms with Gasteiger partial charge in [0.1, 0.15) is 11.9 Å². The molecule has 2 rings (SSSR count). The van der Waals surface area contributed by atoms with Crippen molar-refractivity contribution < 1.29 is 4.79 Å². The van der Waals surface area contributed by atoms with Gasteiger partial charge in [-0.25, -0.2) is 9.97 Å². The Morgan fingerprint density at radius 3 is 3.06 bits per heavy atom. The van der Waals surface area contributed by atoms with E-state index < -0.39 is 0 Å². The fraction of sp³-hybridized carbons (Fsp3) is 0.583. The Morgan fingerprint density at radius 2 is 2.33 bits per heavy atom. The van der Waals surface area contributed by atoms with Crippen molar-refractivity contribution in [3.8, 4) is 0 Å². The smallest absolute Gasteiger partial charge is 0.238 e. The fourth-order valence-electron chi connectivity index (χ4n) is 2.08. The van der Waals surface area contributed by atoms with Crippen LogP contribution in [0.1, 0.15) is 12.7 Å². The number of aromatic nitrogens is 2. The van der Waals surface area contributed by atoms with Crippen LogP contribution in [0.3, 0.4) is 0 Å². The molecule has 0 radical (unpaired) electrons. The lowest BCUT2D eigenvalue weighted by atomic mass is 10.1. The van der Waals surface area contributed by atoms with E-state index in [2.05, 4.69) is 25.5 Å². The molecule has 0 bridgehead atoms. The first-order valence-electron chi connectivity index (χ1n) is 6.29. The molecule has 1 aliphatic rings. The second-order valence-electron chi connectivity index (χ2n) is 4.25. The average Bonchev–Trinajstić information content (AvgIpc) is 2.41. The van der Waals surface area contributed by atoms with E-state index in [0.29, 0.717) is 19.6 Å². The predicted molar refractivity (Wildman–Crippen MR) is 67.8 cm³/mol. The van der Waals surface area contributed by atoms with E-state index in [1.807, 2.05) is 6.92 Å². The third-order valence-electron chi connectivity index (χ3n) is 2.97. The zero-order valence-corrected chi connectivity index (χ0v) is 10.6. The number of nitrogens with zero attached hydrogens (tertiary/aromatic N) is 3. The summed E-state index contributed by atoms with van der Waals surface area (Å²) >= 11 is 0. The summed E-state index contributed by atoms with van der Waals surface area (Å²) in [6.07, 6.45) is 3.46. The summed E-state index contributed by atoms with van der Waals surface area (Å²) in [5, 5.41) is 6.12. The molecule has 18 heavy (non-hydrogen) atoms. The predicted octanol–water partition coefficient (Wildman–Crippen LogP) is -0.613. The van der Waals surface area contributed by atoms with Gasteiger partial charge in [0.15, 0.2) is 0 Å². The molecule has 1 aliphatic heterocycles. The highest BCUT2D eigenvalue weighted by molar-refractivity contribution is 5.82. The number of hydrogen-bond acceptors (Lipinski definition) is 5. The lowest BCUT2D eigenvalue weighted by Gasteiger charge is -2.34. The van der Waals surface area contributed by atoms with Crippen molar-refractivity contribution in [2.75, 3.05) is 26.2 Å². The summed E-state index contributed by atoms with van der Waals surface area (Å²) < 4.78 is 0. The molecule has 1 aromatic heterocycles. The van der Waals surface area contributed by atoms with Gasteiger partial charge < -0.3 is 10.6 Å². The van der Waals surface area contributed by atoms with Crippen molar-refractivity contribution in [3.63, 3.8) is 0 Å². The van der Waals surface area contributed by atoms with Crippen molar-refractivity contribution in [1.29, 1.82) is 0 Å². The van der Waals surface area contributed by atoms with Gasteiger partial charge in [0.2, 0.25) is 5.91 Å². The molecule has 2 heterocycles. The first kappa shape index (κ1) is 12.9. The van der Waals surface area contributed by atoms with Crippen molar-refractivity contribution in [2.24, 2.45) is 0 Å². The SMILES string of the molecule is CCNC(=O)C1CNCCN1Cc1ncccn1. The van der Waals surface area contributed by atoms with Gasteiger partial charge in [0.05, 0.1) is 6.54 Å². The van der Waals surface area contributed by atoms with E-state index in [1.54, 1.807) is 18.5 Å². The maximum absolute atomic E-state index is 12.0. The summed E-state index contributed by atoms with van der Waals surface area (Å²) in [4.78, 5) is 22.5. The third-order valence-corrected chi connectivity index (χ3v) is 2.97. The van der Waals surface area contributed by atoms with Crippen molar-refractivity contribution in [3.05, 3.63) is 24.3 Å². The number of piperazine rings is 1. The zero-order chi connectivity index (χ0) is 12.8.